The standard InChI is InChI=1S/C92H147NO8/c1-6-8-10-12-14-16-18-20-22-24-26-28-30-32-34-36-38-40-42-44-45-47-48-50-52-54-56-58-60-62-64-66-68-70-72-74-76-78-80-82-89(94)99-86-88(87-100-92(91(96)97)98-85-84-93(3,4)5)101-90(95)83-81-79-77-75-73-71-69-67-65-63-61-59-57-55-53-51-49-46-43-41-39-37-35-33-31-29-27-25-23-21-19-17-15-13-11-9-7-2/h8-11,14-17,20-23,26-29,32-35,38-41,46,49,53,55,59,61,65,67,71,73,88,92H,6-7,12-13,18-19,24-25,30-31,36-37,42-45,47-48,50-52,54,56-58,60,62-64,66,68-70,72,74-87H2,1-5H3/b10-8-,11-9-,16-14-,17-15-,22-20-,23-21-,28-26-,29-27-,34-32-,35-33-,40-38-,41-39-,49-46-,55-53-,61-59-,67-65-,73-71-. The Labute approximate surface area is 620 Å². The number of rotatable bonds is 72. The van der Waals surface area contributed by atoms with Crippen LogP contribution >= 0.6 is 0 Å². The summed E-state index contributed by atoms with van der Waals surface area (Å²) in [5.41, 5.74) is 0. The van der Waals surface area contributed by atoms with E-state index in [2.05, 4.69) is 220 Å². The molecule has 9 nitrogen and oxygen atoms in total. The zero-order valence-corrected chi connectivity index (χ0v) is 64.9. The van der Waals surface area contributed by atoms with Gasteiger partial charge in [-0.05, 0) is 148 Å². The van der Waals surface area contributed by atoms with Crippen molar-refractivity contribution in [2.45, 2.75) is 309 Å². The third-order valence-electron chi connectivity index (χ3n) is 16.5. The molecule has 0 spiro atoms. The van der Waals surface area contributed by atoms with Crippen molar-refractivity contribution in [3.63, 3.8) is 0 Å². The van der Waals surface area contributed by atoms with Crippen molar-refractivity contribution >= 4 is 17.9 Å². The van der Waals surface area contributed by atoms with Gasteiger partial charge in [-0.25, -0.2) is 0 Å². The Morgan fingerprint density at radius 3 is 0.802 bits per heavy atom. The number of nitrogens with zero attached hydrogens (tertiary/aromatic N) is 1. The Morgan fingerprint density at radius 1 is 0.297 bits per heavy atom. The molecule has 0 aliphatic carbocycles. The van der Waals surface area contributed by atoms with Crippen LogP contribution in [-0.2, 0) is 33.3 Å². The summed E-state index contributed by atoms with van der Waals surface area (Å²) in [6, 6.07) is 0. The lowest BCUT2D eigenvalue weighted by atomic mass is 10.0. The van der Waals surface area contributed by atoms with Crippen molar-refractivity contribution < 1.29 is 42.9 Å². The van der Waals surface area contributed by atoms with Crippen LogP contribution in [-0.4, -0.2) is 82.3 Å². The molecule has 0 radical (unpaired) electrons. The van der Waals surface area contributed by atoms with Gasteiger partial charge in [-0.1, -0.05) is 342 Å². The summed E-state index contributed by atoms with van der Waals surface area (Å²) in [5, 5.41) is 11.9. The number of carboxylic acids is 1. The largest absolute Gasteiger partial charge is 0.545 e. The van der Waals surface area contributed by atoms with E-state index >= 15 is 0 Å². The molecule has 0 aromatic rings. The first-order valence-corrected chi connectivity index (χ1v) is 40.2. The molecule has 2 unspecified atom stereocenters. The predicted octanol–water partition coefficient (Wildman–Crippen LogP) is 24.9. The second kappa shape index (κ2) is 79.6. The summed E-state index contributed by atoms with van der Waals surface area (Å²) in [4.78, 5) is 37.6. The molecule has 0 heterocycles. The number of hydrogen-bond acceptors (Lipinski definition) is 8. The molecule has 0 aliphatic rings. The highest BCUT2D eigenvalue weighted by Crippen LogP contribution is 2.17. The van der Waals surface area contributed by atoms with Crippen LogP contribution in [0.3, 0.4) is 0 Å². The van der Waals surface area contributed by atoms with Gasteiger partial charge in [-0.2, -0.15) is 0 Å². The summed E-state index contributed by atoms with van der Waals surface area (Å²) in [7, 11) is 5.91. The monoisotopic (exact) mass is 1390 g/mol. The first kappa shape index (κ1) is 94.9. The van der Waals surface area contributed by atoms with Gasteiger partial charge >= 0.3 is 11.9 Å². The van der Waals surface area contributed by atoms with Gasteiger partial charge < -0.3 is 33.3 Å². The van der Waals surface area contributed by atoms with Gasteiger partial charge in [-0.15, -0.1) is 0 Å². The lowest BCUT2D eigenvalue weighted by molar-refractivity contribution is -0.870. The van der Waals surface area contributed by atoms with E-state index in [1.54, 1.807) is 0 Å². The molecule has 0 fully saturated rings. The van der Waals surface area contributed by atoms with Crippen molar-refractivity contribution in [3.8, 4) is 0 Å². The van der Waals surface area contributed by atoms with Crippen molar-refractivity contribution in [2.24, 2.45) is 0 Å². The summed E-state index contributed by atoms with van der Waals surface area (Å²) in [6.07, 6.45) is 121. The number of hydrogen-bond donors (Lipinski definition) is 0. The smallest absolute Gasteiger partial charge is 0.306 e. The minimum Gasteiger partial charge on any atom is -0.545 e. The van der Waals surface area contributed by atoms with Gasteiger partial charge in [0.2, 0.25) is 0 Å². The van der Waals surface area contributed by atoms with Crippen molar-refractivity contribution in [2.75, 3.05) is 47.5 Å². The topological polar surface area (TPSA) is 111 Å². The van der Waals surface area contributed by atoms with Gasteiger partial charge in [0.1, 0.15) is 13.2 Å². The fourth-order valence-electron chi connectivity index (χ4n) is 10.5. The quantitative estimate of drug-likeness (QED) is 0.0195. The molecule has 0 aromatic heterocycles. The van der Waals surface area contributed by atoms with Gasteiger partial charge in [0.15, 0.2) is 12.4 Å². The predicted molar refractivity (Wildman–Crippen MR) is 434 cm³/mol. The van der Waals surface area contributed by atoms with Crippen LogP contribution in [0.4, 0.5) is 0 Å². The molecule has 9 heteroatoms. The number of aliphatic carboxylic acids is 1. The molecular weight excluding hydrogens is 1250 g/mol. The normalized spacial score (nSPS) is 13.8. The van der Waals surface area contributed by atoms with E-state index in [9.17, 15) is 19.5 Å². The lowest BCUT2D eigenvalue weighted by Crippen LogP contribution is -2.44. The maximum atomic E-state index is 13.0. The molecule has 0 saturated carbocycles. The van der Waals surface area contributed by atoms with E-state index in [-0.39, 0.29) is 38.6 Å². The van der Waals surface area contributed by atoms with Gasteiger partial charge in [0.05, 0.1) is 40.3 Å². The number of allylic oxidation sites excluding steroid dienone is 34. The van der Waals surface area contributed by atoms with Crippen LogP contribution in [0.25, 0.3) is 0 Å². The number of likely N-dealkylation sites (N-methyl/N-ethyl adjacent to an activating group) is 1. The molecule has 0 saturated heterocycles. The third-order valence-corrected chi connectivity index (χ3v) is 16.5. The second-order valence-electron chi connectivity index (χ2n) is 27.2. The fourth-order valence-corrected chi connectivity index (χ4v) is 10.5. The number of ether oxygens (including phenoxy) is 4. The van der Waals surface area contributed by atoms with E-state index in [1.807, 2.05) is 21.1 Å². The van der Waals surface area contributed by atoms with Crippen molar-refractivity contribution in [3.05, 3.63) is 207 Å². The lowest BCUT2D eigenvalue weighted by Gasteiger charge is -2.26. The highest BCUT2D eigenvalue weighted by atomic mass is 16.7. The van der Waals surface area contributed by atoms with E-state index in [0.717, 1.165) is 148 Å². The molecule has 2 atom stereocenters. The zero-order chi connectivity index (χ0) is 73.2. The molecule has 0 amide bonds. The average molecular weight is 1400 g/mol. The fraction of sp³-hybridized carbons (Fsp3) is 0.598. The van der Waals surface area contributed by atoms with Gasteiger partial charge in [0, 0.05) is 12.8 Å². The molecule has 101 heavy (non-hydrogen) atoms. The molecule has 0 N–H and O–H groups in total. The SMILES string of the molecule is CC/C=C\C/C=C\C/C=C\C/C=C\C/C=C\C/C=C\C/C=C\C/C=C\C/C=C\C/C=C\C/C=C\CCCCCC(=O)OC(COC(=O)CCCCCCCCCCCCCCCCCCCCCC/C=C\C/C=C\C/C=C\C/C=C\C/C=C\C/C=C\CC)COC(OCC[N+](C)(C)C)C(=O)[O-]. The Balaban J connectivity index is 4.14. The first-order chi connectivity index (χ1) is 49.6. The summed E-state index contributed by atoms with van der Waals surface area (Å²) >= 11 is 0. The molecular formula is C92H147NO8. The Bertz CT molecular complexity index is 2420. The van der Waals surface area contributed by atoms with Crippen LogP contribution in [0, 0.1) is 0 Å². The maximum Gasteiger partial charge on any atom is 0.306 e. The Kier molecular flexibility index (Phi) is 74.7. The number of carbonyl (C=O) groups is 3. The number of esters is 2. The maximum absolute atomic E-state index is 13.0. The van der Waals surface area contributed by atoms with Gasteiger partial charge in [0.25, 0.3) is 0 Å². The number of carboxylic acid groups (broad SMARTS) is 1. The first-order valence-electron chi connectivity index (χ1n) is 40.2. The van der Waals surface area contributed by atoms with Gasteiger partial charge in [-0.3, -0.25) is 9.59 Å². The van der Waals surface area contributed by atoms with Crippen LogP contribution < -0.4 is 5.11 Å². The van der Waals surface area contributed by atoms with Crippen LogP contribution in [0.2, 0.25) is 0 Å². The van der Waals surface area contributed by atoms with Crippen molar-refractivity contribution in [1.82, 2.24) is 0 Å². The Morgan fingerprint density at radius 2 is 0.535 bits per heavy atom. The summed E-state index contributed by atoms with van der Waals surface area (Å²) < 4.78 is 22.8. The third kappa shape index (κ3) is 81.0. The molecule has 568 valence electrons. The van der Waals surface area contributed by atoms with Crippen LogP contribution in [0.15, 0.2) is 207 Å². The number of unbranched alkanes of at least 4 members (excludes halogenated alkanes) is 23. The summed E-state index contributed by atoms with van der Waals surface area (Å²) in [6.45, 7) is 4.48. The van der Waals surface area contributed by atoms with Crippen LogP contribution in [0.1, 0.15) is 296 Å². The number of carbonyl (C=O) groups excluding carboxylic acids is 3. The number of quaternary nitrogens is 1. The Hall–Kier alpha value is -6.13. The van der Waals surface area contributed by atoms with E-state index in [4.69, 9.17) is 18.9 Å². The highest BCUT2D eigenvalue weighted by molar-refractivity contribution is 5.70. The average Bonchev–Trinajstić information content (AvgIpc) is 1.25. The van der Waals surface area contributed by atoms with Crippen LogP contribution in [0.5, 0.6) is 0 Å². The minimum absolute atomic E-state index is 0.132. The molecule has 0 aromatic carbocycles. The van der Waals surface area contributed by atoms with Crippen molar-refractivity contribution in [1.29, 1.82) is 0 Å². The zero-order valence-electron chi connectivity index (χ0n) is 64.9. The van der Waals surface area contributed by atoms with E-state index in [0.29, 0.717) is 17.4 Å². The van der Waals surface area contributed by atoms with E-state index < -0.39 is 24.3 Å². The second-order valence-corrected chi connectivity index (χ2v) is 27.2. The molecule has 0 rings (SSSR count). The highest BCUT2D eigenvalue weighted by Gasteiger charge is 2.22. The molecule has 0 bridgehead atoms. The van der Waals surface area contributed by atoms with E-state index in [1.165, 1.54) is 116 Å². The minimum atomic E-state index is -1.64. The molecule has 0 aliphatic heterocycles. The summed E-state index contributed by atoms with van der Waals surface area (Å²) in [5.74, 6) is -2.34.